The summed E-state index contributed by atoms with van der Waals surface area (Å²) in [5.41, 5.74) is -0.466. The Bertz CT molecular complexity index is 454. The van der Waals surface area contributed by atoms with Gasteiger partial charge in [-0.05, 0) is 26.2 Å². The molecule has 1 spiro atoms. The predicted molar refractivity (Wildman–Crippen MR) is 83.8 cm³/mol. The van der Waals surface area contributed by atoms with Gasteiger partial charge in [-0.1, -0.05) is 31.9 Å². The van der Waals surface area contributed by atoms with E-state index in [1.165, 1.54) is 12.8 Å². The average molecular weight is 308 g/mol. The highest BCUT2D eigenvalue weighted by molar-refractivity contribution is 5.85. The Balaban J connectivity index is 1.64. The Morgan fingerprint density at radius 3 is 2.82 bits per heavy atom. The lowest BCUT2D eigenvalue weighted by Gasteiger charge is -2.37. The van der Waals surface area contributed by atoms with E-state index >= 15 is 0 Å². The van der Waals surface area contributed by atoms with Gasteiger partial charge in [0.15, 0.2) is 5.78 Å². The highest BCUT2D eigenvalue weighted by atomic mass is 16.6. The van der Waals surface area contributed by atoms with Crippen molar-refractivity contribution in [3.05, 3.63) is 12.2 Å². The second-order valence-electron chi connectivity index (χ2n) is 7.09. The molecule has 0 aromatic carbocycles. The van der Waals surface area contributed by atoms with Gasteiger partial charge in [-0.25, -0.2) is 0 Å². The van der Waals surface area contributed by atoms with Gasteiger partial charge in [0.1, 0.15) is 17.3 Å². The number of ketones is 1. The van der Waals surface area contributed by atoms with Crippen molar-refractivity contribution in [1.82, 2.24) is 0 Å². The van der Waals surface area contributed by atoms with Crippen LogP contribution in [0.15, 0.2) is 12.2 Å². The molecule has 3 fully saturated rings. The third-order valence-electron chi connectivity index (χ3n) is 5.59. The summed E-state index contributed by atoms with van der Waals surface area (Å²) in [7, 11) is 1.63. The number of hydrogen-bond donors (Lipinski definition) is 0. The number of carbonyl (C=O) groups excluding carboxylic acids is 1. The molecule has 2 heterocycles. The van der Waals surface area contributed by atoms with Crippen LogP contribution in [0.4, 0.5) is 0 Å². The summed E-state index contributed by atoms with van der Waals surface area (Å²) >= 11 is 0. The van der Waals surface area contributed by atoms with Crippen LogP contribution in [0.1, 0.15) is 52.4 Å². The van der Waals surface area contributed by atoms with Crippen LogP contribution in [0.2, 0.25) is 0 Å². The monoisotopic (exact) mass is 308 g/mol. The molecule has 0 amide bonds. The molecule has 0 aromatic heterocycles. The maximum atomic E-state index is 12.2. The Hall–Kier alpha value is -0.710. The topological polar surface area (TPSA) is 51.4 Å². The first-order chi connectivity index (χ1) is 10.6. The lowest BCUT2D eigenvalue weighted by molar-refractivity contribution is -0.142. The molecular weight excluding hydrogens is 280 g/mol. The molecule has 2 aliphatic heterocycles. The Kier molecular flexibility index (Phi) is 4.45. The fraction of sp³-hybridized carbons (Fsp3) is 0.833. The zero-order valence-corrected chi connectivity index (χ0v) is 14.0. The highest BCUT2D eigenvalue weighted by Gasteiger charge is 2.71. The number of unbranched alkanes of at least 4 members (excludes halogenated alkanes) is 2. The third kappa shape index (κ3) is 2.77. The first-order valence-corrected chi connectivity index (χ1v) is 8.59. The number of Topliss-reactive ketones (excluding diaryl/α,β-unsaturated/α-hetero) is 1. The molecule has 2 saturated heterocycles. The van der Waals surface area contributed by atoms with Crippen LogP contribution in [0, 0.1) is 5.92 Å². The maximum absolute atomic E-state index is 12.2. The molecule has 5 atom stereocenters. The van der Waals surface area contributed by atoms with E-state index in [0.29, 0.717) is 6.42 Å². The predicted octanol–water partition coefficient (Wildman–Crippen LogP) is 3.04. The average Bonchev–Trinajstić information content (AvgIpc) is 3.40. The molecule has 0 bridgehead atoms. The normalized spacial score (nSPS) is 44.0. The summed E-state index contributed by atoms with van der Waals surface area (Å²) < 4.78 is 17.4. The number of rotatable bonds is 7. The van der Waals surface area contributed by atoms with Gasteiger partial charge >= 0.3 is 0 Å². The molecule has 22 heavy (non-hydrogen) atoms. The van der Waals surface area contributed by atoms with Gasteiger partial charge in [-0.3, -0.25) is 4.79 Å². The van der Waals surface area contributed by atoms with Gasteiger partial charge in [-0.2, -0.15) is 0 Å². The molecular formula is C18H28O4. The third-order valence-corrected chi connectivity index (χ3v) is 5.59. The Morgan fingerprint density at radius 2 is 2.18 bits per heavy atom. The molecule has 0 N–H and O–H groups in total. The number of ether oxygens (including phenoxy) is 3. The van der Waals surface area contributed by atoms with Gasteiger partial charge < -0.3 is 14.2 Å². The van der Waals surface area contributed by atoms with Gasteiger partial charge in [0.25, 0.3) is 0 Å². The van der Waals surface area contributed by atoms with Crippen LogP contribution < -0.4 is 0 Å². The molecule has 0 aromatic rings. The molecule has 3 aliphatic rings. The van der Waals surface area contributed by atoms with Crippen LogP contribution in [0.3, 0.4) is 0 Å². The number of hydrogen-bond acceptors (Lipinski definition) is 4. The fourth-order valence-corrected chi connectivity index (χ4v) is 4.09. The molecule has 124 valence electrons. The second-order valence-corrected chi connectivity index (χ2v) is 7.09. The summed E-state index contributed by atoms with van der Waals surface area (Å²) in [6.45, 7) is 5.06. The smallest absolute Gasteiger partial charge is 0.162 e. The Labute approximate surface area is 133 Å². The first kappa shape index (κ1) is 16.2. The molecule has 1 aliphatic carbocycles. The zero-order valence-electron chi connectivity index (χ0n) is 14.0. The van der Waals surface area contributed by atoms with E-state index in [1.807, 2.05) is 0 Å². The Morgan fingerprint density at radius 1 is 1.41 bits per heavy atom. The van der Waals surface area contributed by atoms with Crippen molar-refractivity contribution in [3.63, 3.8) is 0 Å². The second kappa shape index (κ2) is 6.06. The maximum Gasteiger partial charge on any atom is 0.162 e. The number of epoxide rings is 2. The number of allylic oxidation sites excluding steroid dienone is 1. The van der Waals surface area contributed by atoms with E-state index in [4.69, 9.17) is 14.2 Å². The van der Waals surface area contributed by atoms with Gasteiger partial charge in [-0.15, -0.1) is 0 Å². The van der Waals surface area contributed by atoms with E-state index in [0.717, 1.165) is 25.9 Å². The van der Waals surface area contributed by atoms with Crippen molar-refractivity contribution in [2.75, 3.05) is 13.7 Å². The molecule has 4 heteroatoms. The van der Waals surface area contributed by atoms with Gasteiger partial charge in [0.2, 0.25) is 0 Å². The van der Waals surface area contributed by atoms with E-state index in [2.05, 4.69) is 26.0 Å². The van der Waals surface area contributed by atoms with Crippen LogP contribution >= 0.6 is 0 Å². The van der Waals surface area contributed by atoms with Crippen molar-refractivity contribution >= 4 is 5.78 Å². The quantitative estimate of drug-likeness (QED) is 0.412. The van der Waals surface area contributed by atoms with Crippen molar-refractivity contribution in [1.29, 1.82) is 0 Å². The zero-order chi connectivity index (χ0) is 15.8. The minimum absolute atomic E-state index is 0.0280. The highest BCUT2D eigenvalue weighted by Crippen LogP contribution is 2.58. The van der Waals surface area contributed by atoms with Crippen LogP contribution in [0.5, 0.6) is 0 Å². The van der Waals surface area contributed by atoms with E-state index in [1.54, 1.807) is 7.11 Å². The number of carbonyl (C=O) groups is 1. The van der Waals surface area contributed by atoms with E-state index < -0.39 is 0 Å². The standard InChI is InChI=1S/C18H28O4/c1-4-5-6-7-8-9-14-17(2,22-14)16-15(20-3)13(19)10-11-18(16)12-21-18/h7-8,14-16H,4-6,9-12H2,1-3H3/b8-7+/t14-,15-,16-,17+,18+/m1/s1. The molecule has 0 radical (unpaired) electrons. The molecule has 0 unspecified atom stereocenters. The largest absolute Gasteiger partial charge is 0.373 e. The number of methoxy groups -OCH3 is 1. The summed E-state index contributed by atoms with van der Waals surface area (Å²) in [4.78, 5) is 12.2. The summed E-state index contributed by atoms with van der Waals surface area (Å²) in [6, 6.07) is 0. The minimum Gasteiger partial charge on any atom is -0.373 e. The summed E-state index contributed by atoms with van der Waals surface area (Å²) in [6.07, 6.45) is 10.2. The molecule has 3 rings (SSSR count). The van der Waals surface area contributed by atoms with Crippen molar-refractivity contribution in [3.8, 4) is 0 Å². The van der Waals surface area contributed by atoms with Crippen LogP contribution in [-0.2, 0) is 19.0 Å². The van der Waals surface area contributed by atoms with E-state index in [-0.39, 0.29) is 35.1 Å². The van der Waals surface area contributed by atoms with Crippen molar-refractivity contribution in [2.24, 2.45) is 5.92 Å². The SMILES string of the molecule is CCCC/C=C/C[C@H]1O[C@]1(C)[C@H]1[C@H](OC)C(=O)CC[C@]12CO2. The lowest BCUT2D eigenvalue weighted by atomic mass is 9.69. The van der Waals surface area contributed by atoms with Crippen LogP contribution in [0.25, 0.3) is 0 Å². The van der Waals surface area contributed by atoms with Crippen LogP contribution in [-0.4, -0.2) is 42.9 Å². The molecule has 1 saturated carbocycles. The fourth-order valence-electron chi connectivity index (χ4n) is 4.09. The minimum atomic E-state index is -0.379. The first-order valence-electron chi connectivity index (χ1n) is 8.59. The van der Waals surface area contributed by atoms with Crippen molar-refractivity contribution in [2.45, 2.75) is 75.8 Å². The summed E-state index contributed by atoms with van der Waals surface area (Å²) in [5.74, 6) is 0.225. The van der Waals surface area contributed by atoms with Gasteiger partial charge in [0.05, 0.1) is 18.6 Å². The van der Waals surface area contributed by atoms with Crippen molar-refractivity contribution < 1.29 is 19.0 Å². The summed E-state index contributed by atoms with van der Waals surface area (Å²) in [5, 5.41) is 0. The molecule has 4 nitrogen and oxygen atoms in total. The van der Waals surface area contributed by atoms with Gasteiger partial charge in [0, 0.05) is 13.5 Å². The van der Waals surface area contributed by atoms with E-state index in [9.17, 15) is 4.79 Å². The lowest BCUT2D eigenvalue weighted by Crippen LogP contribution is -2.52.